The van der Waals surface area contributed by atoms with Crippen LogP contribution in [0.4, 0.5) is 0 Å². The highest BCUT2D eigenvalue weighted by Gasteiger charge is 2.13. The Hall–Kier alpha value is -1.64. The fourth-order valence-corrected chi connectivity index (χ4v) is 4.29. The number of rotatable bonds is 9. The van der Waals surface area contributed by atoms with Crippen LogP contribution < -0.4 is 10.6 Å². The molecule has 0 aliphatic heterocycles. The first-order valence-electron chi connectivity index (χ1n) is 11.0. The van der Waals surface area contributed by atoms with Crippen molar-refractivity contribution in [1.82, 2.24) is 10.6 Å². The molecule has 1 saturated carbocycles. The Morgan fingerprint density at radius 2 is 1.22 bits per heavy atom. The second-order valence-corrected chi connectivity index (χ2v) is 7.91. The van der Waals surface area contributed by atoms with Gasteiger partial charge in [0.05, 0.1) is 0 Å². The highest BCUT2D eigenvalue weighted by Crippen LogP contribution is 2.27. The molecule has 2 heteroatoms. The van der Waals surface area contributed by atoms with Gasteiger partial charge in [-0.1, -0.05) is 92.8 Å². The van der Waals surface area contributed by atoms with Gasteiger partial charge in [-0.25, -0.2) is 0 Å². The van der Waals surface area contributed by atoms with E-state index in [9.17, 15) is 0 Å². The molecule has 1 aliphatic carbocycles. The van der Waals surface area contributed by atoms with Gasteiger partial charge in [0.15, 0.2) is 0 Å². The first-order valence-corrected chi connectivity index (χ1v) is 11.0. The van der Waals surface area contributed by atoms with E-state index < -0.39 is 0 Å². The number of hydrogen-bond acceptors (Lipinski definition) is 2. The van der Waals surface area contributed by atoms with Crippen LogP contribution in [0.3, 0.4) is 0 Å². The van der Waals surface area contributed by atoms with Crippen LogP contribution in [0.5, 0.6) is 0 Å². The Bertz CT molecular complexity index is 563. The van der Waals surface area contributed by atoms with Gasteiger partial charge >= 0.3 is 0 Å². The third-order valence-corrected chi connectivity index (χ3v) is 5.85. The Kier molecular flexibility index (Phi) is 8.89. The smallest absolute Gasteiger partial charge is 0.0101 e. The summed E-state index contributed by atoms with van der Waals surface area (Å²) in [4.78, 5) is 0. The Balaban J connectivity index is 1.40. The summed E-state index contributed by atoms with van der Waals surface area (Å²) in [7, 11) is 0. The molecule has 0 amide bonds. The molecule has 2 nitrogen and oxygen atoms in total. The van der Waals surface area contributed by atoms with Crippen LogP contribution in [0.2, 0.25) is 0 Å². The van der Waals surface area contributed by atoms with Crippen molar-refractivity contribution < 1.29 is 0 Å². The fourth-order valence-electron chi connectivity index (χ4n) is 4.29. The predicted octanol–water partition coefficient (Wildman–Crippen LogP) is 5.50. The summed E-state index contributed by atoms with van der Waals surface area (Å²) in [5.41, 5.74) is 2.83. The Morgan fingerprint density at radius 1 is 0.667 bits per heavy atom. The summed E-state index contributed by atoms with van der Waals surface area (Å²) >= 11 is 0. The summed E-state index contributed by atoms with van der Waals surface area (Å²) in [5, 5.41) is 7.44. The third-order valence-electron chi connectivity index (χ3n) is 5.85. The van der Waals surface area contributed by atoms with Crippen LogP contribution >= 0.6 is 0 Å². The van der Waals surface area contributed by atoms with Gasteiger partial charge in [-0.05, 0) is 36.9 Å². The lowest BCUT2D eigenvalue weighted by atomic mass is 9.88. The molecule has 0 bridgehead atoms. The van der Waals surface area contributed by atoms with E-state index in [2.05, 4.69) is 71.3 Å². The van der Waals surface area contributed by atoms with Gasteiger partial charge in [0.2, 0.25) is 0 Å². The second-order valence-electron chi connectivity index (χ2n) is 7.91. The maximum absolute atomic E-state index is 3.78. The highest BCUT2D eigenvalue weighted by molar-refractivity contribution is 5.32. The van der Waals surface area contributed by atoms with Crippen LogP contribution in [0.25, 0.3) is 0 Å². The Morgan fingerprint density at radius 3 is 1.81 bits per heavy atom. The van der Waals surface area contributed by atoms with Crippen LogP contribution in [0, 0.1) is 0 Å². The average Bonchev–Trinajstić information content (AvgIpc) is 2.70. The molecule has 0 heterocycles. The van der Waals surface area contributed by atoms with E-state index in [0.29, 0.717) is 5.92 Å². The van der Waals surface area contributed by atoms with Gasteiger partial charge in [0, 0.05) is 25.0 Å². The Labute approximate surface area is 165 Å². The molecule has 2 aromatic carbocycles. The van der Waals surface area contributed by atoms with Gasteiger partial charge in [0.1, 0.15) is 0 Å². The molecule has 1 aliphatic rings. The van der Waals surface area contributed by atoms with Crippen LogP contribution in [-0.4, -0.2) is 25.7 Å². The first-order chi connectivity index (χ1) is 13.4. The van der Waals surface area contributed by atoms with Gasteiger partial charge in [0.25, 0.3) is 0 Å². The van der Waals surface area contributed by atoms with E-state index in [-0.39, 0.29) is 0 Å². The number of benzene rings is 2. The SMILES string of the molecule is c1ccc(C(CCNCCNC2CCCCCCC2)c2ccccc2)cc1. The second kappa shape index (κ2) is 11.9. The van der Waals surface area contributed by atoms with Crippen molar-refractivity contribution in [1.29, 1.82) is 0 Å². The molecule has 0 radical (unpaired) electrons. The summed E-state index contributed by atoms with van der Waals surface area (Å²) in [6.07, 6.45) is 11.0. The minimum atomic E-state index is 0.471. The minimum absolute atomic E-state index is 0.471. The fraction of sp³-hybridized carbons (Fsp3) is 0.520. The molecule has 0 spiro atoms. The summed E-state index contributed by atoms with van der Waals surface area (Å²) in [6.45, 7) is 3.21. The molecule has 2 aromatic rings. The van der Waals surface area contributed by atoms with E-state index >= 15 is 0 Å². The molecule has 1 fully saturated rings. The van der Waals surface area contributed by atoms with Crippen LogP contribution in [0.15, 0.2) is 60.7 Å². The zero-order valence-corrected chi connectivity index (χ0v) is 16.7. The zero-order valence-electron chi connectivity index (χ0n) is 16.7. The van der Waals surface area contributed by atoms with Gasteiger partial charge in [-0.3, -0.25) is 0 Å². The summed E-state index contributed by atoms with van der Waals surface area (Å²) in [6, 6.07) is 22.6. The summed E-state index contributed by atoms with van der Waals surface area (Å²) in [5.74, 6) is 0.471. The molecule has 0 aromatic heterocycles. The lowest BCUT2D eigenvalue weighted by Crippen LogP contribution is -2.36. The van der Waals surface area contributed by atoms with E-state index in [1.54, 1.807) is 0 Å². The summed E-state index contributed by atoms with van der Waals surface area (Å²) < 4.78 is 0. The average molecular weight is 365 g/mol. The van der Waals surface area contributed by atoms with Crippen LogP contribution in [0.1, 0.15) is 68.4 Å². The number of hydrogen-bond donors (Lipinski definition) is 2. The van der Waals surface area contributed by atoms with Crippen molar-refractivity contribution in [3.63, 3.8) is 0 Å². The highest BCUT2D eigenvalue weighted by atomic mass is 15.0. The monoisotopic (exact) mass is 364 g/mol. The minimum Gasteiger partial charge on any atom is -0.315 e. The largest absolute Gasteiger partial charge is 0.315 e. The van der Waals surface area contributed by atoms with Crippen molar-refractivity contribution in [2.45, 2.75) is 63.3 Å². The normalized spacial score (nSPS) is 16.2. The molecule has 3 rings (SSSR count). The lowest BCUT2D eigenvalue weighted by molar-refractivity contribution is 0.388. The number of nitrogens with one attached hydrogen (secondary N) is 2. The molecule has 0 saturated heterocycles. The van der Waals surface area contributed by atoms with Gasteiger partial charge in [-0.15, -0.1) is 0 Å². The van der Waals surface area contributed by atoms with Gasteiger partial charge in [-0.2, -0.15) is 0 Å². The van der Waals surface area contributed by atoms with Crippen molar-refractivity contribution >= 4 is 0 Å². The van der Waals surface area contributed by atoms with Crippen molar-refractivity contribution in [3.8, 4) is 0 Å². The van der Waals surface area contributed by atoms with E-state index in [4.69, 9.17) is 0 Å². The topological polar surface area (TPSA) is 24.1 Å². The molecule has 146 valence electrons. The van der Waals surface area contributed by atoms with Crippen LogP contribution in [-0.2, 0) is 0 Å². The van der Waals surface area contributed by atoms with Crippen molar-refractivity contribution in [3.05, 3.63) is 71.8 Å². The van der Waals surface area contributed by atoms with E-state index in [1.165, 1.54) is 56.1 Å². The maximum atomic E-state index is 3.78. The molecule has 27 heavy (non-hydrogen) atoms. The van der Waals surface area contributed by atoms with Crippen molar-refractivity contribution in [2.24, 2.45) is 0 Å². The molecule has 0 unspecified atom stereocenters. The molecule has 0 atom stereocenters. The quantitative estimate of drug-likeness (QED) is 0.574. The molecular weight excluding hydrogens is 328 g/mol. The third kappa shape index (κ3) is 7.12. The molecule has 2 N–H and O–H groups in total. The first kappa shape index (κ1) is 20.1. The predicted molar refractivity (Wildman–Crippen MR) is 116 cm³/mol. The molecular formula is C25H36N2. The lowest BCUT2D eigenvalue weighted by Gasteiger charge is -2.21. The maximum Gasteiger partial charge on any atom is 0.0101 e. The standard InChI is InChI=1S/C25H36N2/c1-2-10-16-24(17-11-3-1)27-21-20-26-19-18-25(22-12-6-4-7-13-22)23-14-8-5-9-15-23/h4-9,12-15,24-27H,1-3,10-11,16-21H2. The van der Waals surface area contributed by atoms with E-state index in [1.807, 2.05) is 0 Å². The van der Waals surface area contributed by atoms with E-state index in [0.717, 1.165) is 32.1 Å². The zero-order chi connectivity index (χ0) is 18.6. The van der Waals surface area contributed by atoms with Crippen molar-refractivity contribution in [2.75, 3.05) is 19.6 Å². The van der Waals surface area contributed by atoms with Gasteiger partial charge < -0.3 is 10.6 Å².